The van der Waals surface area contributed by atoms with Crippen molar-refractivity contribution in [2.75, 3.05) is 12.4 Å². The van der Waals surface area contributed by atoms with E-state index in [1.807, 2.05) is 61.0 Å². The van der Waals surface area contributed by atoms with Gasteiger partial charge in [-0.3, -0.25) is 9.48 Å². The number of carbonyl (C=O) groups excluding carboxylic acids is 1. The summed E-state index contributed by atoms with van der Waals surface area (Å²) in [6.07, 6.45) is 0. The largest absolute Gasteiger partial charge is 0.481 e. The van der Waals surface area contributed by atoms with Crippen molar-refractivity contribution in [3.8, 4) is 17.0 Å². The van der Waals surface area contributed by atoms with Crippen LogP contribution in [-0.4, -0.2) is 27.8 Å². The summed E-state index contributed by atoms with van der Waals surface area (Å²) in [6, 6.07) is 28.0. The molecule has 0 radical (unpaired) electrons. The van der Waals surface area contributed by atoms with Crippen LogP contribution in [0, 0.1) is 13.8 Å². The number of ether oxygens (including phenoxy) is 1. The Morgan fingerprint density at radius 3 is 2.34 bits per heavy atom. The number of hydrogen-bond donors (Lipinski definition) is 1. The van der Waals surface area contributed by atoms with Crippen LogP contribution >= 0.6 is 0 Å². The molecule has 0 spiro atoms. The Morgan fingerprint density at radius 1 is 0.914 bits per heavy atom. The lowest BCUT2D eigenvalue weighted by molar-refractivity contribution is 0.102. The molecule has 35 heavy (non-hydrogen) atoms. The molecule has 6 heteroatoms. The van der Waals surface area contributed by atoms with Gasteiger partial charge in [-0.25, -0.2) is 4.98 Å². The lowest BCUT2D eigenvalue weighted by atomic mass is 10.0. The first-order valence-electron chi connectivity index (χ1n) is 11.5. The molecule has 1 amide bonds. The summed E-state index contributed by atoms with van der Waals surface area (Å²) >= 11 is 0. The van der Waals surface area contributed by atoms with Crippen LogP contribution in [0.1, 0.15) is 27.3 Å². The van der Waals surface area contributed by atoms with Crippen molar-refractivity contribution in [2.24, 2.45) is 0 Å². The fourth-order valence-electron chi connectivity index (χ4n) is 4.26. The van der Waals surface area contributed by atoms with E-state index in [0.717, 1.165) is 28.0 Å². The van der Waals surface area contributed by atoms with E-state index >= 15 is 0 Å². The molecule has 0 saturated carbocycles. The maximum absolute atomic E-state index is 13.3. The van der Waals surface area contributed by atoms with Crippen molar-refractivity contribution in [1.82, 2.24) is 14.8 Å². The molecule has 0 aliphatic carbocycles. The Balaban J connectivity index is 1.39. The molecule has 0 aliphatic heterocycles. The van der Waals surface area contributed by atoms with Crippen LogP contribution in [0.3, 0.4) is 0 Å². The van der Waals surface area contributed by atoms with Crippen molar-refractivity contribution in [1.29, 1.82) is 0 Å². The first kappa shape index (κ1) is 22.3. The Kier molecular flexibility index (Phi) is 6.02. The zero-order chi connectivity index (χ0) is 24.4. The molecule has 5 aromatic rings. The molecule has 0 atom stereocenters. The molecule has 0 bridgehead atoms. The van der Waals surface area contributed by atoms with Gasteiger partial charge in [0, 0.05) is 11.5 Å². The van der Waals surface area contributed by atoms with Crippen LogP contribution in [0.4, 0.5) is 5.69 Å². The Labute approximate surface area is 204 Å². The van der Waals surface area contributed by atoms with Gasteiger partial charge in [0.1, 0.15) is 0 Å². The van der Waals surface area contributed by atoms with E-state index in [1.54, 1.807) is 13.2 Å². The Bertz CT molecular complexity index is 1510. The number of anilines is 1. The Morgan fingerprint density at radius 2 is 1.60 bits per heavy atom. The van der Waals surface area contributed by atoms with Gasteiger partial charge in [-0.15, -0.1) is 0 Å². The maximum Gasteiger partial charge on any atom is 0.256 e. The molecule has 174 valence electrons. The molecule has 0 fully saturated rings. The smallest absolute Gasteiger partial charge is 0.256 e. The minimum atomic E-state index is -0.222. The number of fused-ring (bicyclic) bond motifs is 1. The zero-order valence-electron chi connectivity index (χ0n) is 19.9. The first-order chi connectivity index (χ1) is 17.0. The number of aromatic nitrogens is 3. The molecule has 2 heterocycles. The summed E-state index contributed by atoms with van der Waals surface area (Å²) in [5, 5.41) is 8.53. The fraction of sp³-hybridized carbons (Fsp3) is 0.138. The van der Waals surface area contributed by atoms with E-state index in [1.165, 1.54) is 11.1 Å². The van der Waals surface area contributed by atoms with Crippen LogP contribution in [0.2, 0.25) is 0 Å². The highest BCUT2D eigenvalue weighted by Gasteiger charge is 2.18. The van der Waals surface area contributed by atoms with Gasteiger partial charge >= 0.3 is 0 Å². The number of rotatable bonds is 6. The van der Waals surface area contributed by atoms with Crippen molar-refractivity contribution in [2.45, 2.75) is 20.4 Å². The highest BCUT2D eigenvalue weighted by Crippen LogP contribution is 2.26. The van der Waals surface area contributed by atoms with Gasteiger partial charge in [-0.1, -0.05) is 72.8 Å². The minimum absolute atomic E-state index is 0.222. The number of aryl methyl sites for hydroxylation is 1. The highest BCUT2D eigenvalue weighted by atomic mass is 16.5. The first-order valence-corrected chi connectivity index (χ1v) is 11.5. The number of hydrogen-bond acceptors (Lipinski definition) is 4. The van der Waals surface area contributed by atoms with Crippen LogP contribution in [0.25, 0.3) is 22.0 Å². The summed E-state index contributed by atoms with van der Waals surface area (Å²) < 4.78 is 7.23. The standard InChI is InChI=1S/C29H26N4O2/c1-19-28(31-29(34)25-17-27(35-3)30-26-12-8-7-11-24(25)26)20(2)33(32-19)18-21-13-15-23(16-14-21)22-9-5-4-6-10-22/h4-17H,18H2,1-3H3,(H,31,34). The molecule has 0 saturated heterocycles. The molecule has 1 N–H and O–H groups in total. The van der Waals surface area contributed by atoms with Gasteiger partial charge in [0.15, 0.2) is 0 Å². The second-order valence-electron chi connectivity index (χ2n) is 8.45. The SMILES string of the molecule is COc1cc(C(=O)Nc2c(C)nn(Cc3ccc(-c4ccccc4)cc3)c2C)c2ccccc2n1. The average Bonchev–Trinajstić information content (AvgIpc) is 3.16. The monoisotopic (exact) mass is 462 g/mol. The minimum Gasteiger partial charge on any atom is -0.481 e. The number of para-hydroxylation sites is 1. The maximum atomic E-state index is 13.3. The van der Waals surface area contributed by atoms with E-state index in [4.69, 9.17) is 9.84 Å². The predicted octanol–water partition coefficient (Wildman–Crippen LogP) is 6.02. The van der Waals surface area contributed by atoms with Crippen LogP contribution in [0.5, 0.6) is 5.88 Å². The van der Waals surface area contributed by atoms with E-state index in [-0.39, 0.29) is 5.91 Å². The van der Waals surface area contributed by atoms with E-state index in [9.17, 15) is 4.79 Å². The molecular formula is C29H26N4O2. The van der Waals surface area contributed by atoms with Gasteiger partial charge < -0.3 is 10.1 Å². The Hall–Kier alpha value is -4.45. The van der Waals surface area contributed by atoms with Crippen molar-refractivity contribution < 1.29 is 9.53 Å². The lowest BCUT2D eigenvalue weighted by Crippen LogP contribution is -2.14. The molecule has 6 nitrogen and oxygen atoms in total. The third kappa shape index (κ3) is 4.51. The third-order valence-corrected chi connectivity index (χ3v) is 6.16. The van der Waals surface area contributed by atoms with Gasteiger partial charge in [-0.2, -0.15) is 5.10 Å². The number of benzene rings is 3. The number of methoxy groups -OCH3 is 1. The fourth-order valence-corrected chi connectivity index (χ4v) is 4.26. The molecule has 0 aliphatic rings. The van der Waals surface area contributed by atoms with Gasteiger partial charge in [0.2, 0.25) is 5.88 Å². The molecule has 3 aromatic carbocycles. The average molecular weight is 463 g/mol. The molecule has 5 rings (SSSR count). The van der Waals surface area contributed by atoms with Gasteiger partial charge in [0.25, 0.3) is 5.91 Å². The zero-order valence-corrected chi connectivity index (χ0v) is 19.9. The van der Waals surface area contributed by atoms with Crippen molar-refractivity contribution >= 4 is 22.5 Å². The van der Waals surface area contributed by atoms with E-state index in [0.29, 0.717) is 23.5 Å². The lowest BCUT2D eigenvalue weighted by Gasteiger charge is -2.11. The van der Waals surface area contributed by atoms with Crippen molar-refractivity contribution in [3.05, 3.63) is 107 Å². The number of amides is 1. The normalized spacial score (nSPS) is 10.9. The van der Waals surface area contributed by atoms with E-state index in [2.05, 4.69) is 46.7 Å². The molecular weight excluding hydrogens is 436 g/mol. The highest BCUT2D eigenvalue weighted by molar-refractivity contribution is 6.13. The molecule has 0 unspecified atom stereocenters. The quantitative estimate of drug-likeness (QED) is 0.335. The summed E-state index contributed by atoms with van der Waals surface area (Å²) in [5.41, 5.74) is 7.10. The van der Waals surface area contributed by atoms with Crippen LogP contribution < -0.4 is 10.1 Å². The van der Waals surface area contributed by atoms with Crippen LogP contribution in [-0.2, 0) is 6.54 Å². The number of nitrogens with zero attached hydrogens (tertiary/aromatic N) is 3. The third-order valence-electron chi connectivity index (χ3n) is 6.16. The van der Waals surface area contributed by atoms with Crippen LogP contribution in [0.15, 0.2) is 84.9 Å². The topological polar surface area (TPSA) is 69.0 Å². The van der Waals surface area contributed by atoms with E-state index < -0.39 is 0 Å². The van der Waals surface area contributed by atoms with Gasteiger partial charge in [0.05, 0.1) is 41.8 Å². The summed E-state index contributed by atoms with van der Waals surface area (Å²) in [4.78, 5) is 17.7. The summed E-state index contributed by atoms with van der Waals surface area (Å²) in [6.45, 7) is 4.49. The second-order valence-corrected chi connectivity index (χ2v) is 8.45. The summed E-state index contributed by atoms with van der Waals surface area (Å²) in [7, 11) is 1.55. The van der Waals surface area contributed by atoms with Crippen molar-refractivity contribution in [3.63, 3.8) is 0 Å². The number of nitrogens with one attached hydrogen (secondary N) is 1. The number of carbonyl (C=O) groups is 1. The second kappa shape index (κ2) is 9.43. The predicted molar refractivity (Wildman–Crippen MR) is 139 cm³/mol. The van der Waals surface area contributed by atoms with Gasteiger partial charge in [-0.05, 0) is 36.6 Å². The molecule has 2 aromatic heterocycles. The summed E-state index contributed by atoms with van der Waals surface area (Å²) in [5.74, 6) is 0.178. The number of pyridine rings is 1.